The van der Waals surface area contributed by atoms with Crippen LogP contribution < -0.4 is 10.6 Å². The first kappa shape index (κ1) is 33.1. The normalized spacial score (nSPS) is 21.0. The average molecular weight is 700 g/mol. The third kappa shape index (κ3) is 6.24. The molecule has 0 radical (unpaired) electrons. The van der Waals surface area contributed by atoms with Crippen LogP contribution in [0, 0.1) is 11.6 Å². The third-order valence-corrected chi connectivity index (χ3v) is 10.7. The number of aromatic nitrogens is 2. The largest absolute Gasteiger partial charge is 0.350 e. The second-order valence-corrected chi connectivity index (χ2v) is 13.6. The summed E-state index contributed by atoms with van der Waals surface area (Å²) >= 11 is 14.4. The highest BCUT2D eigenvalue weighted by atomic mass is 35.5. The predicted molar refractivity (Wildman–Crippen MR) is 174 cm³/mol. The van der Waals surface area contributed by atoms with Crippen molar-refractivity contribution in [1.29, 1.82) is 0 Å². The monoisotopic (exact) mass is 698 g/mol. The van der Waals surface area contributed by atoms with E-state index >= 15 is 4.39 Å². The Hall–Kier alpha value is -2.84. The number of anilines is 1. The number of carbonyl (C=O) groups excluding carboxylic acids is 1. The van der Waals surface area contributed by atoms with Gasteiger partial charge in [-0.2, -0.15) is 4.98 Å². The van der Waals surface area contributed by atoms with Crippen molar-refractivity contribution in [2.45, 2.75) is 30.3 Å². The standard InChI is InChI=1S/C31H32Cl2F4N6O2S/c1-3-26(44)41-8-9-42(17(2)13-41)30-20-11-22(33)27(19-10-21(32)24(35)12-23(19)34)29-28(20)43(31(45)38-30)18(16-46-29)14-39-4-6-40(7-5-39)15-25(36)37/h3,10-12,17-18,25H,1,4-9,13-16H2,2H3/t17-,18-/m0/s1. The van der Waals surface area contributed by atoms with Gasteiger partial charge in [0, 0.05) is 91.6 Å². The second kappa shape index (κ2) is 13.3. The zero-order valence-electron chi connectivity index (χ0n) is 25.0. The van der Waals surface area contributed by atoms with Crippen LogP contribution in [0.15, 0.2) is 40.5 Å². The number of piperazine rings is 2. The maximum Gasteiger partial charge on any atom is 0.350 e. The maximum absolute atomic E-state index is 15.3. The molecule has 246 valence electrons. The number of amides is 1. The molecule has 2 fully saturated rings. The summed E-state index contributed by atoms with van der Waals surface area (Å²) in [4.78, 5) is 39.0. The molecule has 3 aromatic rings. The molecule has 8 nitrogen and oxygen atoms in total. The van der Waals surface area contributed by atoms with E-state index in [0.717, 1.165) is 0 Å². The Kier molecular flexibility index (Phi) is 9.60. The van der Waals surface area contributed by atoms with Crippen LogP contribution in [0.5, 0.6) is 0 Å². The van der Waals surface area contributed by atoms with E-state index in [9.17, 15) is 22.8 Å². The molecule has 3 aliphatic rings. The molecule has 1 amide bonds. The van der Waals surface area contributed by atoms with E-state index in [-0.39, 0.29) is 40.1 Å². The van der Waals surface area contributed by atoms with Crippen LogP contribution in [0.2, 0.25) is 10.0 Å². The fraction of sp³-hybridized carbons (Fsp3) is 0.452. The van der Waals surface area contributed by atoms with Crippen molar-refractivity contribution in [3.05, 3.63) is 63.0 Å². The molecule has 46 heavy (non-hydrogen) atoms. The topological polar surface area (TPSA) is 64.9 Å². The summed E-state index contributed by atoms with van der Waals surface area (Å²) in [5.41, 5.74) is 0.353. The van der Waals surface area contributed by atoms with Crippen molar-refractivity contribution < 1.29 is 22.4 Å². The summed E-state index contributed by atoms with van der Waals surface area (Å²) in [6.45, 7) is 9.05. The first-order valence-electron chi connectivity index (χ1n) is 14.9. The quantitative estimate of drug-likeness (QED) is 0.186. The van der Waals surface area contributed by atoms with Gasteiger partial charge < -0.3 is 9.80 Å². The summed E-state index contributed by atoms with van der Waals surface area (Å²) in [7, 11) is 0. The fourth-order valence-corrected chi connectivity index (χ4v) is 8.48. The van der Waals surface area contributed by atoms with Crippen molar-refractivity contribution in [3.8, 4) is 11.1 Å². The lowest BCUT2D eigenvalue weighted by Crippen LogP contribution is -2.54. The number of hydrogen-bond acceptors (Lipinski definition) is 7. The van der Waals surface area contributed by atoms with Gasteiger partial charge in [-0.15, -0.1) is 11.8 Å². The predicted octanol–water partition coefficient (Wildman–Crippen LogP) is 5.40. The van der Waals surface area contributed by atoms with Crippen LogP contribution in [-0.2, 0) is 4.79 Å². The number of carbonyl (C=O) groups is 1. The Labute approximate surface area is 277 Å². The Morgan fingerprint density at radius 1 is 1.07 bits per heavy atom. The number of benzene rings is 2. The van der Waals surface area contributed by atoms with E-state index in [2.05, 4.69) is 16.5 Å². The van der Waals surface area contributed by atoms with Crippen molar-refractivity contribution in [2.75, 3.05) is 69.6 Å². The number of hydrogen-bond donors (Lipinski definition) is 0. The van der Waals surface area contributed by atoms with Crippen molar-refractivity contribution in [2.24, 2.45) is 0 Å². The lowest BCUT2D eigenvalue weighted by molar-refractivity contribution is -0.126. The van der Waals surface area contributed by atoms with E-state index in [1.807, 2.05) is 11.8 Å². The number of halogens is 6. The summed E-state index contributed by atoms with van der Waals surface area (Å²) in [5.74, 6) is -1.09. The van der Waals surface area contributed by atoms with Crippen LogP contribution in [-0.4, -0.2) is 107 Å². The van der Waals surface area contributed by atoms with Crippen LogP contribution >= 0.6 is 35.0 Å². The molecule has 4 heterocycles. The fourth-order valence-electron chi connectivity index (χ4n) is 6.63. The summed E-state index contributed by atoms with van der Waals surface area (Å²) in [6.07, 6.45) is -1.13. The first-order valence-corrected chi connectivity index (χ1v) is 16.7. The molecule has 0 saturated carbocycles. The first-order chi connectivity index (χ1) is 22.0. The summed E-state index contributed by atoms with van der Waals surface area (Å²) in [6, 6.07) is 3.04. The van der Waals surface area contributed by atoms with E-state index in [1.54, 1.807) is 20.4 Å². The minimum atomic E-state index is -2.40. The van der Waals surface area contributed by atoms with Crippen LogP contribution in [0.1, 0.15) is 13.0 Å². The molecule has 2 aromatic carbocycles. The molecule has 0 unspecified atom stereocenters. The molecule has 0 bridgehead atoms. The lowest BCUT2D eigenvalue weighted by Gasteiger charge is -2.41. The second-order valence-electron chi connectivity index (χ2n) is 11.8. The molecule has 2 saturated heterocycles. The smallest absolute Gasteiger partial charge is 0.350 e. The minimum absolute atomic E-state index is 0.0108. The van der Waals surface area contributed by atoms with Gasteiger partial charge in [-0.25, -0.2) is 22.4 Å². The van der Waals surface area contributed by atoms with Gasteiger partial charge in [0.15, 0.2) is 0 Å². The highest BCUT2D eigenvalue weighted by molar-refractivity contribution is 7.99. The number of nitrogens with zero attached hydrogens (tertiary/aromatic N) is 6. The highest BCUT2D eigenvalue weighted by Gasteiger charge is 2.35. The summed E-state index contributed by atoms with van der Waals surface area (Å²) < 4.78 is 56.9. The van der Waals surface area contributed by atoms with Crippen LogP contribution in [0.25, 0.3) is 22.0 Å². The molecule has 0 aliphatic carbocycles. The Bertz CT molecular complexity index is 1750. The molecule has 0 spiro atoms. The molecule has 0 N–H and O–H groups in total. The van der Waals surface area contributed by atoms with Gasteiger partial charge in [0.05, 0.1) is 28.1 Å². The van der Waals surface area contributed by atoms with Crippen LogP contribution in [0.3, 0.4) is 0 Å². The minimum Gasteiger partial charge on any atom is -0.350 e. The lowest BCUT2D eigenvalue weighted by atomic mass is 10.0. The average Bonchev–Trinajstić information content (AvgIpc) is 3.01. The van der Waals surface area contributed by atoms with Gasteiger partial charge in [-0.1, -0.05) is 29.8 Å². The number of alkyl halides is 2. The van der Waals surface area contributed by atoms with Gasteiger partial charge >= 0.3 is 5.69 Å². The summed E-state index contributed by atoms with van der Waals surface area (Å²) in [5, 5.41) is 0.510. The Morgan fingerprint density at radius 3 is 2.46 bits per heavy atom. The third-order valence-electron chi connectivity index (χ3n) is 8.88. The van der Waals surface area contributed by atoms with Crippen molar-refractivity contribution in [1.82, 2.24) is 24.3 Å². The molecule has 15 heteroatoms. The molecule has 6 rings (SSSR count). The number of rotatable bonds is 7. The van der Waals surface area contributed by atoms with Gasteiger partial charge in [0.25, 0.3) is 6.43 Å². The van der Waals surface area contributed by atoms with E-state index in [4.69, 9.17) is 23.2 Å². The van der Waals surface area contributed by atoms with Gasteiger partial charge in [-0.3, -0.25) is 19.2 Å². The van der Waals surface area contributed by atoms with E-state index in [0.29, 0.717) is 91.4 Å². The molecule has 3 aliphatic heterocycles. The zero-order chi connectivity index (χ0) is 32.9. The Morgan fingerprint density at radius 2 is 1.78 bits per heavy atom. The van der Waals surface area contributed by atoms with Crippen LogP contribution in [0.4, 0.5) is 23.4 Å². The highest BCUT2D eigenvalue weighted by Crippen LogP contribution is 2.48. The van der Waals surface area contributed by atoms with Gasteiger partial charge in [0.1, 0.15) is 17.5 Å². The SMILES string of the molecule is C=CC(=O)N1CCN(c2nc(=O)n3c4c(c(-c5cc(Cl)c(F)cc5F)c(Cl)cc24)SC[C@@H]3CN2CCN(CC(F)F)CC2)[C@@H](C)C1. The van der Waals surface area contributed by atoms with E-state index in [1.165, 1.54) is 23.9 Å². The van der Waals surface area contributed by atoms with Gasteiger partial charge in [0.2, 0.25) is 5.91 Å². The van der Waals surface area contributed by atoms with Crippen molar-refractivity contribution >= 4 is 57.6 Å². The molecule has 1 aromatic heterocycles. The Balaban J connectivity index is 1.46. The molecule has 2 atom stereocenters. The van der Waals surface area contributed by atoms with E-state index < -0.39 is 23.7 Å². The molecular formula is C31H32Cl2F4N6O2S. The number of thioether (sulfide) groups is 1. The maximum atomic E-state index is 15.3. The van der Waals surface area contributed by atoms with Gasteiger partial charge in [-0.05, 0) is 25.1 Å². The molecular weight excluding hydrogens is 667 g/mol. The van der Waals surface area contributed by atoms with Crippen molar-refractivity contribution in [3.63, 3.8) is 0 Å². The zero-order valence-corrected chi connectivity index (χ0v) is 27.3.